The molecule has 5 heteroatoms. The summed E-state index contributed by atoms with van der Waals surface area (Å²) in [4.78, 5) is 4.26. The van der Waals surface area contributed by atoms with Crippen molar-refractivity contribution in [3.05, 3.63) is 34.3 Å². The Kier molecular flexibility index (Phi) is 10.3. The van der Waals surface area contributed by atoms with Crippen LogP contribution in [0, 0.1) is 5.92 Å². The minimum atomic E-state index is 0. The van der Waals surface area contributed by atoms with Crippen molar-refractivity contribution in [2.45, 2.75) is 26.7 Å². The Labute approximate surface area is 141 Å². The molecule has 0 atom stereocenters. The summed E-state index contributed by atoms with van der Waals surface area (Å²) in [7, 11) is 0. The van der Waals surface area contributed by atoms with Gasteiger partial charge in [-0.1, -0.05) is 41.9 Å². The number of hydrogen-bond donors (Lipinski definition) is 2. The number of aliphatic imine (C=N–C) groups is 1. The van der Waals surface area contributed by atoms with Crippen molar-refractivity contribution in [3.8, 4) is 0 Å². The van der Waals surface area contributed by atoms with Crippen molar-refractivity contribution in [2.24, 2.45) is 16.6 Å². The molecule has 0 radical (unpaired) electrons. The van der Waals surface area contributed by atoms with E-state index in [0.717, 1.165) is 30.4 Å². The fourth-order valence-electron chi connectivity index (χ4n) is 1.54. The van der Waals surface area contributed by atoms with Gasteiger partial charge in [0.05, 0.1) is 0 Å². The average molecular weight is 440 g/mol. The Morgan fingerprint density at radius 1 is 1.42 bits per heavy atom. The first-order valence-electron chi connectivity index (χ1n) is 6.36. The van der Waals surface area contributed by atoms with Crippen LogP contribution < -0.4 is 11.1 Å². The van der Waals surface area contributed by atoms with Crippen LogP contribution in [-0.4, -0.2) is 19.0 Å². The van der Waals surface area contributed by atoms with Crippen LogP contribution in [0.3, 0.4) is 0 Å². The summed E-state index contributed by atoms with van der Waals surface area (Å²) in [5, 5.41) is 3.14. The SMILES string of the molecule is CC(C)CN=C(N)NCCCc1cccc(Br)c1.I. The van der Waals surface area contributed by atoms with E-state index < -0.39 is 0 Å². The Hall–Kier alpha value is -0.300. The number of nitrogens with two attached hydrogens (primary N) is 1. The summed E-state index contributed by atoms with van der Waals surface area (Å²) < 4.78 is 1.13. The highest BCUT2D eigenvalue weighted by atomic mass is 127. The number of guanidine groups is 1. The summed E-state index contributed by atoms with van der Waals surface area (Å²) in [6.07, 6.45) is 2.10. The van der Waals surface area contributed by atoms with Crippen molar-refractivity contribution < 1.29 is 0 Å². The van der Waals surface area contributed by atoms with Gasteiger partial charge in [-0.2, -0.15) is 0 Å². The summed E-state index contributed by atoms with van der Waals surface area (Å²) in [6, 6.07) is 8.39. The van der Waals surface area contributed by atoms with Gasteiger partial charge in [0.1, 0.15) is 0 Å². The topological polar surface area (TPSA) is 50.4 Å². The van der Waals surface area contributed by atoms with E-state index in [0.29, 0.717) is 11.9 Å². The highest BCUT2D eigenvalue weighted by Gasteiger charge is 1.96. The zero-order chi connectivity index (χ0) is 13.4. The number of benzene rings is 1. The van der Waals surface area contributed by atoms with Crippen molar-refractivity contribution in [2.75, 3.05) is 13.1 Å². The van der Waals surface area contributed by atoms with Crippen LogP contribution >= 0.6 is 39.9 Å². The van der Waals surface area contributed by atoms with Gasteiger partial charge in [-0.3, -0.25) is 4.99 Å². The number of aryl methyl sites for hydroxylation is 1. The summed E-state index contributed by atoms with van der Waals surface area (Å²) in [6.45, 7) is 5.90. The summed E-state index contributed by atoms with van der Waals surface area (Å²) in [5.74, 6) is 1.10. The van der Waals surface area contributed by atoms with Crippen molar-refractivity contribution >= 4 is 45.9 Å². The van der Waals surface area contributed by atoms with E-state index >= 15 is 0 Å². The predicted octanol–water partition coefficient (Wildman–Crippen LogP) is 3.56. The highest BCUT2D eigenvalue weighted by Crippen LogP contribution is 2.12. The third-order valence-corrected chi connectivity index (χ3v) is 2.96. The van der Waals surface area contributed by atoms with E-state index in [2.05, 4.69) is 58.3 Å². The largest absolute Gasteiger partial charge is 0.370 e. The molecule has 108 valence electrons. The first kappa shape index (κ1) is 18.7. The summed E-state index contributed by atoms with van der Waals surface area (Å²) in [5.41, 5.74) is 7.09. The smallest absolute Gasteiger partial charge is 0.188 e. The van der Waals surface area contributed by atoms with E-state index in [4.69, 9.17) is 5.73 Å². The van der Waals surface area contributed by atoms with Gasteiger partial charge in [-0.15, -0.1) is 24.0 Å². The van der Waals surface area contributed by atoms with Crippen molar-refractivity contribution in [1.29, 1.82) is 0 Å². The van der Waals surface area contributed by atoms with Crippen LogP contribution in [0.1, 0.15) is 25.8 Å². The Bertz CT molecular complexity index is 394. The van der Waals surface area contributed by atoms with Gasteiger partial charge in [0.25, 0.3) is 0 Å². The molecule has 0 amide bonds. The van der Waals surface area contributed by atoms with E-state index in [1.807, 2.05) is 6.07 Å². The lowest BCUT2D eigenvalue weighted by atomic mass is 10.1. The molecule has 19 heavy (non-hydrogen) atoms. The predicted molar refractivity (Wildman–Crippen MR) is 97.2 cm³/mol. The maximum absolute atomic E-state index is 5.76. The molecule has 0 aliphatic rings. The van der Waals surface area contributed by atoms with Crippen molar-refractivity contribution in [3.63, 3.8) is 0 Å². The lowest BCUT2D eigenvalue weighted by Crippen LogP contribution is -2.33. The molecular weight excluding hydrogens is 417 g/mol. The second-order valence-corrected chi connectivity index (χ2v) is 5.70. The highest BCUT2D eigenvalue weighted by molar-refractivity contribution is 14.0. The molecule has 1 aromatic carbocycles. The van der Waals surface area contributed by atoms with Gasteiger partial charge in [0.15, 0.2) is 5.96 Å². The van der Waals surface area contributed by atoms with E-state index in [-0.39, 0.29) is 24.0 Å². The van der Waals surface area contributed by atoms with E-state index in [9.17, 15) is 0 Å². The van der Waals surface area contributed by atoms with Gasteiger partial charge in [0.2, 0.25) is 0 Å². The molecule has 1 aromatic rings. The third-order valence-electron chi connectivity index (χ3n) is 2.46. The zero-order valence-corrected chi connectivity index (χ0v) is 15.4. The molecular formula is C14H23BrIN3. The normalized spacial score (nSPS) is 11.3. The molecule has 0 saturated carbocycles. The number of nitrogens with one attached hydrogen (secondary N) is 1. The van der Waals surface area contributed by atoms with Crippen LogP contribution in [0.5, 0.6) is 0 Å². The minimum Gasteiger partial charge on any atom is -0.370 e. The van der Waals surface area contributed by atoms with E-state index in [1.165, 1.54) is 5.56 Å². The van der Waals surface area contributed by atoms with Gasteiger partial charge in [0, 0.05) is 17.6 Å². The van der Waals surface area contributed by atoms with Crippen LogP contribution in [-0.2, 0) is 6.42 Å². The Morgan fingerprint density at radius 2 is 2.16 bits per heavy atom. The van der Waals surface area contributed by atoms with Crippen LogP contribution in [0.15, 0.2) is 33.7 Å². The third kappa shape index (κ3) is 9.27. The molecule has 0 aromatic heterocycles. The Balaban J connectivity index is 0.00000324. The van der Waals surface area contributed by atoms with Gasteiger partial charge in [-0.05, 0) is 36.5 Å². The zero-order valence-electron chi connectivity index (χ0n) is 11.5. The number of halogens is 2. The fraction of sp³-hybridized carbons (Fsp3) is 0.500. The molecule has 0 spiro atoms. The van der Waals surface area contributed by atoms with Crippen LogP contribution in [0.4, 0.5) is 0 Å². The number of hydrogen-bond acceptors (Lipinski definition) is 1. The molecule has 0 aliphatic heterocycles. The first-order chi connectivity index (χ1) is 8.58. The first-order valence-corrected chi connectivity index (χ1v) is 7.15. The molecule has 0 unspecified atom stereocenters. The summed E-state index contributed by atoms with van der Waals surface area (Å²) >= 11 is 3.47. The van der Waals surface area contributed by atoms with Crippen LogP contribution in [0.25, 0.3) is 0 Å². The lowest BCUT2D eigenvalue weighted by Gasteiger charge is -2.07. The van der Waals surface area contributed by atoms with Gasteiger partial charge >= 0.3 is 0 Å². The van der Waals surface area contributed by atoms with Gasteiger partial charge in [-0.25, -0.2) is 0 Å². The monoisotopic (exact) mass is 439 g/mol. The molecule has 0 aliphatic carbocycles. The average Bonchev–Trinajstić information content (AvgIpc) is 2.32. The number of nitrogens with zero attached hydrogens (tertiary/aromatic N) is 1. The minimum absolute atomic E-state index is 0. The Morgan fingerprint density at radius 3 is 2.79 bits per heavy atom. The molecule has 0 fully saturated rings. The maximum Gasteiger partial charge on any atom is 0.188 e. The molecule has 3 N–H and O–H groups in total. The lowest BCUT2D eigenvalue weighted by molar-refractivity contribution is 0.659. The van der Waals surface area contributed by atoms with E-state index in [1.54, 1.807) is 0 Å². The molecule has 0 saturated heterocycles. The maximum atomic E-state index is 5.76. The van der Waals surface area contributed by atoms with Crippen molar-refractivity contribution in [1.82, 2.24) is 5.32 Å². The molecule has 0 heterocycles. The molecule has 3 nitrogen and oxygen atoms in total. The quantitative estimate of drug-likeness (QED) is 0.308. The van der Waals surface area contributed by atoms with Crippen LogP contribution in [0.2, 0.25) is 0 Å². The fourth-order valence-corrected chi connectivity index (χ4v) is 1.98. The van der Waals surface area contributed by atoms with Gasteiger partial charge < -0.3 is 11.1 Å². The number of rotatable bonds is 6. The second kappa shape index (κ2) is 10.5. The molecule has 1 rings (SSSR count). The molecule has 0 bridgehead atoms. The standard InChI is InChI=1S/C14H22BrN3.HI/c1-11(2)10-18-14(16)17-8-4-6-12-5-3-7-13(15)9-12;/h3,5,7,9,11H,4,6,8,10H2,1-2H3,(H3,16,17,18);1H. The second-order valence-electron chi connectivity index (χ2n) is 4.78.